The molecule has 0 bridgehead atoms. The van der Waals surface area contributed by atoms with Crippen molar-refractivity contribution < 1.29 is 19.4 Å². The Morgan fingerprint density at radius 1 is 1.00 bits per heavy atom. The van der Waals surface area contributed by atoms with Crippen LogP contribution in [-0.4, -0.2) is 24.4 Å². The van der Waals surface area contributed by atoms with Crippen molar-refractivity contribution in [2.75, 3.05) is 7.11 Å². The summed E-state index contributed by atoms with van der Waals surface area (Å²) >= 11 is 0. The molecule has 0 aromatic heterocycles. The first-order chi connectivity index (χ1) is 13.2. The largest absolute Gasteiger partial charge is 0.497 e. The average molecular weight is 361 g/mol. The maximum Gasteiger partial charge on any atom is 0.335 e. The van der Waals surface area contributed by atoms with Crippen LogP contribution in [0.2, 0.25) is 0 Å². The van der Waals surface area contributed by atoms with Gasteiger partial charge in [-0.3, -0.25) is 4.99 Å². The van der Waals surface area contributed by atoms with Gasteiger partial charge in [0.25, 0.3) is 0 Å². The zero-order valence-corrected chi connectivity index (χ0v) is 14.8. The lowest BCUT2D eigenvalue weighted by molar-refractivity contribution is 0.0697. The molecule has 136 valence electrons. The molecule has 0 heterocycles. The van der Waals surface area contributed by atoms with E-state index in [1.807, 2.05) is 48.5 Å². The number of methoxy groups -OCH3 is 1. The molecule has 27 heavy (non-hydrogen) atoms. The van der Waals surface area contributed by atoms with Crippen LogP contribution in [0, 0.1) is 0 Å². The highest BCUT2D eigenvalue weighted by Crippen LogP contribution is 2.21. The number of aromatic carboxylic acids is 1. The Labute approximate surface area is 157 Å². The third-order valence-corrected chi connectivity index (χ3v) is 3.94. The van der Waals surface area contributed by atoms with Crippen LogP contribution in [0.1, 0.15) is 21.5 Å². The Morgan fingerprint density at radius 2 is 1.70 bits per heavy atom. The van der Waals surface area contributed by atoms with Crippen molar-refractivity contribution >= 4 is 17.9 Å². The van der Waals surface area contributed by atoms with Crippen molar-refractivity contribution in [2.45, 2.75) is 6.61 Å². The first-order valence-corrected chi connectivity index (χ1v) is 8.38. The van der Waals surface area contributed by atoms with E-state index in [2.05, 4.69) is 4.99 Å². The second-order valence-corrected chi connectivity index (χ2v) is 5.78. The zero-order chi connectivity index (χ0) is 19.1. The normalized spacial score (nSPS) is 10.7. The lowest BCUT2D eigenvalue weighted by atomic mass is 10.1. The zero-order valence-electron chi connectivity index (χ0n) is 14.8. The molecule has 3 rings (SSSR count). The summed E-state index contributed by atoms with van der Waals surface area (Å²) in [6.45, 7) is 0.341. The van der Waals surface area contributed by atoms with Crippen LogP contribution in [-0.2, 0) is 6.61 Å². The Morgan fingerprint density at radius 3 is 2.37 bits per heavy atom. The summed E-state index contributed by atoms with van der Waals surface area (Å²) in [6, 6.07) is 21.7. The molecule has 5 heteroatoms. The van der Waals surface area contributed by atoms with Crippen LogP contribution in [0.5, 0.6) is 11.5 Å². The third kappa shape index (κ3) is 4.95. The van der Waals surface area contributed by atoms with E-state index in [9.17, 15) is 4.79 Å². The van der Waals surface area contributed by atoms with Gasteiger partial charge in [-0.15, -0.1) is 0 Å². The van der Waals surface area contributed by atoms with Gasteiger partial charge in [0.05, 0.1) is 18.4 Å². The smallest absolute Gasteiger partial charge is 0.335 e. The molecule has 0 saturated carbocycles. The van der Waals surface area contributed by atoms with Gasteiger partial charge in [-0.2, -0.15) is 0 Å². The summed E-state index contributed by atoms with van der Waals surface area (Å²) < 4.78 is 11.0. The molecule has 0 fully saturated rings. The molecule has 0 saturated heterocycles. The molecular formula is C22H19NO4. The van der Waals surface area contributed by atoms with Gasteiger partial charge in [-0.25, -0.2) is 4.79 Å². The molecule has 5 nitrogen and oxygen atoms in total. The predicted octanol–water partition coefficient (Wildman–Crippen LogP) is 4.72. The highest BCUT2D eigenvalue weighted by molar-refractivity contribution is 5.87. The number of ether oxygens (including phenoxy) is 2. The van der Waals surface area contributed by atoms with Gasteiger partial charge in [0.15, 0.2) is 0 Å². The van der Waals surface area contributed by atoms with Crippen molar-refractivity contribution in [3.05, 3.63) is 89.5 Å². The molecular weight excluding hydrogens is 342 g/mol. The monoisotopic (exact) mass is 361 g/mol. The third-order valence-electron chi connectivity index (χ3n) is 3.94. The maximum absolute atomic E-state index is 10.9. The molecule has 0 aliphatic carbocycles. The van der Waals surface area contributed by atoms with Gasteiger partial charge in [-0.1, -0.05) is 24.3 Å². The Balaban J connectivity index is 1.69. The van der Waals surface area contributed by atoms with E-state index in [-0.39, 0.29) is 5.56 Å². The number of benzene rings is 3. The fraction of sp³-hybridized carbons (Fsp3) is 0.0909. The Bertz CT molecular complexity index is 931. The van der Waals surface area contributed by atoms with Gasteiger partial charge in [0, 0.05) is 11.8 Å². The van der Waals surface area contributed by atoms with Crippen molar-refractivity contribution in [3.8, 4) is 11.5 Å². The standard InChI is InChI=1S/C22H19NO4/c1-26-20-12-10-19(11-13-20)23-14-18-4-2-3-5-21(18)27-15-16-6-8-17(9-7-16)22(24)25/h2-14H,15H2,1H3,(H,24,25). The molecule has 0 radical (unpaired) electrons. The highest BCUT2D eigenvalue weighted by atomic mass is 16.5. The average Bonchev–Trinajstić information content (AvgIpc) is 2.72. The van der Waals surface area contributed by atoms with E-state index in [0.717, 1.165) is 22.6 Å². The summed E-state index contributed by atoms with van der Waals surface area (Å²) in [7, 11) is 1.63. The molecule has 1 N–H and O–H groups in total. The van der Waals surface area contributed by atoms with Crippen LogP contribution in [0.15, 0.2) is 77.8 Å². The van der Waals surface area contributed by atoms with Crippen molar-refractivity contribution in [1.29, 1.82) is 0 Å². The summed E-state index contributed by atoms with van der Waals surface area (Å²) in [4.78, 5) is 15.4. The van der Waals surface area contributed by atoms with Gasteiger partial charge >= 0.3 is 5.97 Å². The fourth-order valence-corrected chi connectivity index (χ4v) is 2.44. The van der Waals surface area contributed by atoms with E-state index in [1.165, 1.54) is 0 Å². The molecule has 0 atom stereocenters. The predicted molar refractivity (Wildman–Crippen MR) is 104 cm³/mol. The number of aliphatic imine (C=N–C) groups is 1. The number of hydrogen-bond donors (Lipinski definition) is 1. The first-order valence-electron chi connectivity index (χ1n) is 8.38. The molecule has 0 spiro atoms. The molecule has 0 unspecified atom stereocenters. The Hall–Kier alpha value is -3.60. The second kappa shape index (κ2) is 8.67. The first kappa shape index (κ1) is 18.2. The van der Waals surface area contributed by atoms with E-state index < -0.39 is 5.97 Å². The number of carboxylic acid groups (broad SMARTS) is 1. The second-order valence-electron chi connectivity index (χ2n) is 5.78. The van der Waals surface area contributed by atoms with E-state index in [4.69, 9.17) is 14.6 Å². The topological polar surface area (TPSA) is 68.1 Å². The molecule has 3 aromatic carbocycles. The van der Waals surface area contributed by atoms with Gasteiger partial charge in [0.1, 0.15) is 18.1 Å². The van der Waals surface area contributed by atoms with E-state index in [1.54, 1.807) is 37.6 Å². The SMILES string of the molecule is COc1ccc(N=Cc2ccccc2OCc2ccc(C(=O)O)cc2)cc1. The summed E-state index contributed by atoms with van der Waals surface area (Å²) in [5, 5.41) is 8.95. The van der Waals surface area contributed by atoms with Crippen molar-refractivity contribution in [3.63, 3.8) is 0 Å². The van der Waals surface area contributed by atoms with Crippen LogP contribution < -0.4 is 9.47 Å². The summed E-state index contributed by atoms with van der Waals surface area (Å²) in [5.74, 6) is 0.547. The number of para-hydroxylation sites is 1. The van der Waals surface area contributed by atoms with Gasteiger partial charge in [-0.05, 0) is 54.1 Å². The number of carboxylic acids is 1. The van der Waals surface area contributed by atoms with Crippen LogP contribution in [0.3, 0.4) is 0 Å². The Kier molecular flexibility index (Phi) is 5.84. The molecule has 0 amide bonds. The van der Waals surface area contributed by atoms with Gasteiger partial charge < -0.3 is 14.6 Å². The number of hydrogen-bond acceptors (Lipinski definition) is 4. The van der Waals surface area contributed by atoms with Crippen LogP contribution in [0.4, 0.5) is 5.69 Å². The number of nitrogens with zero attached hydrogens (tertiary/aromatic N) is 1. The quantitative estimate of drug-likeness (QED) is 0.618. The molecule has 3 aromatic rings. The van der Waals surface area contributed by atoms with E-state index in [0.29, 0.717) is 12.4 Å². The van der Waals surface area contributed by atoms with E-state index >= 15 is 0 Å². The lowest BCUT2D eigenvalue weighted by Crippen LogP contribution is -2.00. The van der Waals surface area contributed by atoms with Gasteiger partial charge in [0.2, 0.25) is 0 Å². The fourth-order valence-electron chi connectivity index (χ4n) is 2.44. The summed E-state index contributed by atoms with van der Waals surface area (Å²) in [6.07, 6.45) is 1.75. The van der Waals surface area contributed by atoms with Crippen LogP contribution in [0.25, 0.3) is 0 Å². The van der Waals surface area contributed by atoms with Crippen molar-refractivity contribution in [1.82, 2.24) is 0 Å². The minimum Gasteiger partial charge on any atom is -0.497 e. The number of carbonyl (C=O) groups is 1. The van der Waals surface area contributed by atoms with Crippen LogP contribution >= 0.6 is 0 Å². The summed E-state index contributed by atoms with van der Waals surface area (Å²) in [5.41, 5.74) is 2.82. The number of rotatable bonds is 7. The minimum atomic E-state index is -0.942. The lowest BCUT2D eigenvalue weighted by Gasteiger charge is -2.09. The minimum absolute atomic E-state index is 0.255. The molecule has 0 aliphatic heterocycles. The van der Waals surface area contributed by atoms with Crippen molar-refractivity contribution in [2.24, 2.45) is 4.99 Å². The highest BCUT2D eigenvalue weighted by Gasteiger charge is 2.04. The molecule has 0 aliphatic rings. The maximum atomic E-state index is 10.9.